The third kappa shape index (κ3) is 3.22. The molecule has 0 bridgehead atoms. The number of hydrogen-bond acceptors (Lipinski definition) is 3. The van der Waals surface area contributed by atoms with Crippen LogP contribution in [0.25, 0.3) is 11.4 Å². The van der Waals surface area contributed by atoms with Gasteiger partial charge in [0.1, 0.15) is 11.6 Å². The smallest absolute Gasteiger partial charge is 0.161 e. The van der Waals surface area contributed by atoms with Crippen molar-refractivity contribution in [1.29, 1.82) is 0 Å². The molecule has 0 N–H and O–H groups in total. The largest absolute Gasteiger partial charge is 0.300 e. The molecule has 1 aromatic carbocycles. The van der Waals surface area contributed by atoms with Crippen molar-refractivity contribution in [2.45, 2.75) is 26.2 Å². The molecule has 1 heterocycles. The van der Waals surface area contributed by atoms with E-state index in [0.29, 0.717) is 41.5 Å². The van der Waals surface area contributed by atoms with Gasteiger partial charge in [-0.3, -0.25) is 4.79 Å². The van der Waals surface area contributed by atoms with E-state index < -0.39 is 5.82 Å². The zero-order chi connectivity index (χ0) is 14.7. The van der Waals surface area contributed by atoms with E-state index in [-0.39, 0.29) is 5.78 Å². The highest BCUT2D eigenvalue weighted by atomic mass is 35.5. The van der Waals surface area contributed by atoms with Crippen molar-refractivity contribution in [3.05, 3.63) is 34.9 Å². The summed E-state index contributed by atoms with van der Waals surface area (Å²) >= 11 is 5.73. The van der Waals surface area contributed by atoms with Crippen LogP contribution >= 0.6 is 11.6 Å². The van der Waals surface area contributed by atoms with E-state index in [0.717, 1.165) is 0 Å². The Morgan fingerprint density at radius 2 is 2.20 bits per heavy atom. The van der Waals surface area contributed by atoms with E-state index in [4.69, 9.17) is 11.6 Å². The summed E-state index contributed by atoms with van der Waals surface area (Å²) in [4.78, 5) is 15.6. The van der Waals surface area contributed by atoms with Gasteiger partial charge in [-0.25, -0.2) is 14.1 Å². The number of aromatic nitrogens is 3. The Morgan fingerprint density at radius 3 is 2.85 bits per heavy atom. The first kappa shape index (κ1) is 14.7. The van der Waals surface area contributed by atoms with Gasteiger partial charge < -0.3 is 0 Å². The lowest BCUT2D eigenvalue weighted by Crippen LogP contribution is -1.99. The van der Waals surface area contributed by atoms with Crippen LogP contribution in [0.4, 0.5) is 4.39 Å². The van der Waals surface area contributed by atoms with Gasteiger partial charge in [-0.1, -0.05) is 18.5 Å². The summed E-state index contributed by atoms with van der Waals surface area (Å²) < 4.78 is 15.4. The zero-order valence-corrected chi connectivity index (χ0v) is 12.1. The quantitative estimate of drug-likeness (QED) is 0.851. The second kappa shape index (κ2) is 6.13. The first-order valence-corrected chi connectivity index (χ1v) is 6.76. The summed E-state index contributed by atoms with van der Waals surface area (Å²) in [6, 6.07) is 4.42. The highest BCUT2D eigenvalue weighted by Gasteiger charge is 2.14. The molecule has 0 atom stereocenters. The van der Waals surface area contributed by atoms with Gasteiger partial charge in [0.2, 0.25) is 0 Å². The molecule has 0 aliphatic carbocycles. The third-order valence-electron chi connectivity index (χ3n) is 3.00. The molecule has 0 amide bonds. The number of Topliss-reactive ketones (excluding diaryl/α,β-unsaturated/α-hetero) is 1. The fraction of sp³-hybridized carbons (Fsp3) is 0.357. The topological polar surface area (TPSA) is 47.8 Å². The van der Waals surface area contributed by atoms with Gasteiger partial charge in [-0.2, -0.15) is 5.10 Å². The van der Waals surface area contributed by atoms with E-state index in [1.54, 1.807) is 19.2 Å². The predicted molar refractivity (Wildman–Crippen MR) is 75.0 cm³/mol. The highest BCUT2D eigenvalue weighted by molar-refractivity contribution is 6.30. The molecule has 106 valence electrons. The molecule has 0 unspecified atom stereocenters. The van der Waals surface area contributed by atoms with E-state index in [1.165, 1.54) is 10.7 Å². The molecule has 0 aliphatic rings. The molecule has 4 nitrogen and oxygen atoms in total. The minimum absolute atomic E-state index is 0.164. The average Bonchev–Trinajstić information content (AvgIpc) is 2.77. The molecule has 2 aromatic rings. The molecule has 0 spiro atoms. The van der Waals surface area contributed by atoms with E-state index in [9.17, 15) is 9.18 Å². The first-order valence-electron chi connectivity index (χ1n) is 6.38. The van der Waals surface area contributed by atoms with Crippen molar-refractivity contribution >= 4 is 17.4 Å². The third-order valence-corrected chi connectivity index (χ3v) is 3.24. The number of ketones is 1. The molecular weight excluding hydrogens is 281 g/mol. The van der Waals surface area contributed by atoms with Gasteiger partial charge in [-0.05, 0) is 18.2 Å². The summed E-state index contributed by atoms with van der Waals surface area (Å²) in [6.07, 6.45) is 1.38. The maximum Gasteiger partial charge on any atom is 0.161 e. The molecule has 0 radical (unpaired) electrons. The molecule has 0 saturated heterocycles. The van der Waals surface area contributed by atoms with Crippen LogP contribution in [0.1, 0.15) is 25.6 Å². The van der Waals surface area contributed by atoms with E-state index >= 15 is 0 Å². The zero-order valence-electron chi connectivity index (χ0n) is 11.4. The second-order valence-electron chi connectivity index (χ2n) is 4.49. The maximum absolute atomic E-state index is 13.9. The Kier molecular flexibility index (Phi) is 4.49. The van der Waals surface area contributed by atoms with Crippen LogP contribution in [0.5, 0.6) is 0 Å². The van der Waals surface area contributed by atoms with Gasteiger partial charge >= 0.3 is 0 Å². The van der Waals surface area contributed by atoms with Crippen molar-refractivity contribution in [3.63, 3.8) is 0 Å². The summed E-state index contributed by atoms with van der Waals surface area (Å²) in [5.74, 6) is 0.692. The van der Waals surface area contributed by atoms with Crippen LogP contribution < -0.4 is 0 Å². The minimum atomic E-state index is -0.441. The predicted octanol–water partition coefficient (Wildman–Crippen LogP) is 3.19. The van der Waals surface area contributed by atoms with Gasteiger partial charge in [0.05, 0.1) is 5.56 Å². The number of carbonyl (C=O) groups is 1. The van der Waals surface area contributed by atoms with Gasteiger partial charge in [0.15, 0.2) is 11.6 Å². The summed E-state index contributed by atoms with van der Waals surface area (Å²) in [5, 5.41) is 4.55. The molecule has 2 rings (SSSR count). The molecule has 20 heavy (non-hydrogen) atoms. The van der Waals surface area contributed by atoms with Crippen molar-refractivity contribution in [2.75, 3.05) is 0 Å². The van der Waals surface area contributed by atoms with E-state index in [1.807, 2.05) is 6.92 Å². The Hall–Kier alpha value is -1.75. The minimum Gasteiger partial charge on any atom is -0.300 e. The average molecular weight is 296 g/mol. The SMILES string of the molecule is CCC(=O)CCc1nc(-c2ccc(Cl)cc2F)n(C)n1. The summed E-state index contributed by atoms with van der Waals surface area (Å²) in [7, 11) is 1.70. The van der Waals surface area contributed by atoms with Crippen LogP contribution in [0, 0.1) is 5.82 Å². The number of rotatable bonds is 5. The van der Waals surface area contributed by atoms with Crippen molar-refractivity contribution in [3.8, 4) is 11.4 Å². The van der Waals surface area contributed by atoms with Crippen LogP contribution in [-0.4, -0.2) is 20.5 Å². The highest BCUT2D eigenvalue weighted by Crippen LogP contribution is 2.23. The summed E-state index contributed by atoms with van der Waals surface area (Å²) in [6.45, 7) is 1.82. The van der Waals surface area contributed by atoms with Gasteiger partial charge in [0, 0.05) is 31.3 Å². The van der Waals surface area contributed by atoms with Crippen molar-refractivity contribution in [2.24, 2.45) is 7.05 Å². The van der Waals surface area contributed by atoms with Crippen LogP contribution in [0.2, 0.25) is 5.02 Å². The molecule has 6 heteroatoms. The molecule has 0 aliphatic heterocycles. The number of carbonyl (C=O) groups excluding carboxylic acids is 1. The first-order chi connectivity index (χ1) is 9.51. The summed E-state index contributed by atoms with van der Waals surface area (Å²) in [5.41, 5.74) is 0.345. The van der Waals surface area contributed by atoms with Gasteiger partial charge in [0.25, 0.3) is 0 Å². The fourth-order valence-electron chi connectivity index (χ4n) is 1.88. The molecule has 0 fully saturated rings. The number of hydrogen-bond donors (Lipinski definition) is 0. The molecule has 0 saturated carbocycles. The Balaban J connectivity index is 2.25. The molecular formula is C14H15ClFN3O. The fourth-order valence-corrected chi connectivity index (χ4v) is 2.04. The lowest BCUT2D eigenvalue weighted by atomic mass is 10.2. The monoisotopic (exact) mass is 295 g/mol. The normalized spacial score (nSPS) is 10.8. The standard InChI is InChI=1S/C14H15ClFN3O/c1-3-10(20)5-7-13-17-14(19(2)18-13)11-6-4-9(15)8-12(11)16/h4,6,8H,3,5,7H2,1-2H3. The van der Waals surface area contributed by atoms with Gasteiger partial charge in [-0.15, -0.1) is 0 Å². The lowest BCUT2D eigenvalue weighted by Gasteiger charge is -2.01. The number of nitrogens with zero attached hydrogens (tertiary/aromatic N) is 3. The van der Waals surface area contributed by atoms with Crippen LogP contribution in [-0.2, 0) is 18.3 Å². The lowest BCUT2D eigenvalue weighted by molar-refractivity contribution is -0.118. The number of aryl methyl sites for hydroxylation is 2. The Bertz CT molecular complexity index is 639. The number of benzene rings is 1. The van der Waals surface area contributed by atoms with Crippen molar-refractivity contribution in [1.82, 2.24) is 14.8 Å². The molecule has 1 aromatic heterocycles. The van der Waals surface area contributed by atoms with Crippen molar-refractivity contribution < 1.29 is 9.18 Å². The van der Waals surface area contributed by atoms with Crippen LogP contribution in [0.15, 0.2) is 18.2 Å². The van der Waals surface area contributed by atoms with E-state index in [2.05, 4.69) is 10.1 Å². The number of halogens is 2. The Morgan fingerprint density at radius 1 is 1.45 bits per heavy atom. The second-order valence-corrected chi connectivity index (χ2v) is 4.93. The maximum atomic E-state index is 13.9. The van der Waals surface area contributed by atoms with Crippen LogP contribution in [0.3, 0.4) is 0 Å². The Labute approximate surface area is 121 Å².